The van der Waals surface area contributed by atoms with Crippen LogP contribution in [-0.2, 0) is 67.4 Å². The van der Waals surface area contributed by atoms with E-state index in [0.717, 1.165) is 66.0 Å². The average Bonchev–Trinajstić information content (AvgIpc) is 4.04. The van der Waals surface area contributed by atoms with Crippen LogP contribution in [0.3, 0.4) is 0 Å². The zero-order chi connectivity index (χ0) is 46.5. The first kappa shape index (κ1) is 44.0. The van der Waals surface area contributed by atoms with Crippen molar-refractivity contribution in [3.8, 4) is 12.1 Å². The van der Waals surface area contributed by atoms with Crippen molar-refractivity contribution >= 4 is 57.6 Å². The number of hydrogen-bond acceptors (Lipinski definition) is 12. The third-order valence-electron chi connectivity index (χ3n) is 11.3. The second-order valence-corrected chi connectivity index (χ2v) is 16.0. The van der Waals surface area contributed by atoms with Crippen LogP contribution in [0, 0.1) is 22.7 Å². The van der Waals surface area contributed by atoms with Crippen LogP contribution < -0.4 is 22.1 Å². The fourth-order valence-corrected chi connectivity index (χ4v) is 8.01. The maximum atomic E-state index is 13.2. The molecule has 66 heavy (non-hydrogen) atoms. The number of carbonyl (C=O) groups excluding carboxylic acids is 6. The normalized spacial score (nSPS) is 16.9. The quantitative estimate of drug-likeness (QED) is 0.0351. The van der Waals surface area contributed by atoms with Gasteiger partial charge in [0.25, 0.3) is 11.8 Å². The third kappa shape index (κ3) is 9.95. The van der Waals surface area contributed by atoms with Gasteiger partial charge in [0.2, 0.25) is 0 Å². The van der Waals surface area contributed by atoms with Crippen LogP contribution in [0.4, 0.5) is 9.59 Å². The molecule has 2 fully saturated rings. The molecular formula is C48H42N10O8. The zero-order valence-corrected chi connectivity index (χ0v) is 35.2. The van der Waals surface area contributed by atoms with Crippen LogP contribution >= 0.6 is 0 Å². The number of carbonyl (C=O) groups is 6. The molecule has 0 radical (unpaired) electrons. The van der Waals surface area contributed by atoms with Crippen LogP contribution in [0.25, 0.3) is 21.8 Å². The summed E-state index contributed by atoms with van der Waals surface area (Å²) in [5.41, 5.74) is 19.3. The Labute approximate surface area is 376 Å². The smallest absolute Gasteiger partial charge is 0.332 e. The van der Waals surface area contributed by atoms with Gasteiger partial charge in [-0.2, -0.15) is 10.5 Å². The van der Waals surface area contributed by atoms with E-state index in [1.54, 1.807) is 60.9 Å². The van der Waals surface area contributed by atoms with E-state index in [1.165, 1.54) is 0 Å². The van der Waals surface area contributed by atoms with Gasteiger partial charge in [-0.05, 0) is 81.9 Å². The van der Waals surface area contributed by atoms with Gasteiger partial charge in [-0.25, -0.2) is 19.2 Å². The van der Waals surface area contributed by atoms with Crippen molar-refractivity contribution in [2.75, 3.05) is 0 Å². The number of aromatic amines is 2. The molecule has 8 rings (SSSR count). The lowest BCUT2D eigenvalue weighted by Gasteiger charge is -2.14. The van der Waals surface area contributed by atoms with E-state index in [-0.39, 0.29) is 50.6 Å². The van der Waals surface area contributed by atoms with Gasteiger partial charge in [-0.1, -0.05) is 36.4 Å². The van der Waals surface area contributed by atoms with E-state index >= 15 is 0 Å². The Morgan fingerprint density at radius 3 is 1.36 bits per heavy atom. The predicted molar refractivity (Wildman–Crippen MR) is 237 cm³/mol. The molecule has 18 nitrogen and oxygen atoms in total. The highest BCUT2D eigenvalue weighted by atomic mass is 16.6. The number of urea groups is 2. The van der Waals surface area contributed by atoms with Crippen molar-refractivity contribution in [1.82, 2.24) is 30.4 Å². The molecule has 18 heteroatoms. The molecule has 2 aliphatic heterocycles. The highest BCUT2D eigenvalue weighted by molar-refractivity contribution is 6.05. The van der Waals surface area contributed by atoms with E-state index in [2.05, 4.69) is 20.6 Å². The maximum Gasteiger partial charge on any atom is 0.332 e. The Hall–Kier alpha value is -8.58. The zero-order valence-electron chi connectivity index (χ0n) is 35.2. The molecule has 0 spiro atoms. The molecule has 332 valence electrons. The van der Waals surface area contributed by atoms with Gasteiger partial charge in [-0.3, -0.25) is 30.9 Å². The fourth-order valence-electron chi connectivity index (χ4n) is 8.01. The number of esters is 2. The fraction of sp³-hybridized carbons (Fsp3) is 0.208. The summed E-state index contributed by atoms with van der Waals surface area (Å²) < 4.78 is 10.7. The molecule has 4 aromatic carbocycles. The summed E-state index contributed by atoms with van der Waals surface area (Å²) in [6.07, 6.45) is 3.79. The standard InChI is InChI=1S/C48H42N10O8/c49-21-27-1-5-29(6-2-27)25-57-45(61)39(55-47(57)63)17-31-9-11-37-35(15-31)33(23-53-37)19-41(51)65-43(59)13-14-44(60)66-42(52)20-34-24-54-38-12-10-32(16-36(34)38)18-40-46(62)58(48(64)56-40)26-30-7-3-28(22-50)4-8-30/h1-16,23-24,39-42,53-54H,17-20,25-26,51-52H2,(H,55,63)(H,56,64)/b14-13-. The number of H-pyrrole nitrogens is 2. The number of fused-ring (bicyclic) bond motifs is 2. The summed E-state index contributed by atoms with van der Waals surface area (Å²) in [6.45, 7) is 0.148. The number of benzene rings is 4. The van der Waals surface area contributed by atoms with E-state index < -0.39 is 48.5 Å². The minimum absolute atomic E-state index is 0.0738. The topological polar surface area (TPSA) is 283 Å². The molecule has 0 bridgehead atoms. The first-order valence-corrected chi connectivity index (χ1v) is 20.8. The summed E-state index contributed by atoms with van der Waals surface area (Å²) in [5.74, 6) is -2.49. The van der Waals surface area contributed by atoms with Gasteiger partial charge >= 0.3 is 24.0 Å². The van der Waals surface area contributed by atoms with Crippen LogP contribution in [-0.4, -0.2) is 80.1 Å². The molecule has 6 amide bonds. The van der Waals surface area contributed by atoms with Crippen LogP contribution in [0.5, 0.6) is 0 Å². The van der Waals surface area contributed by atoms with Gasteiger partial charge in [-0.15, -0.1) is 0 Å². The summed E-state index contributed by atoms with van der Waals surface area (Å²) in [6, 6.07) is 26.0. The highest BCUT2D eigenvalue weighted by Gasteiger charge is 2.39. The summed E-state index contributed by atoms with van der Waals surface area (Å²) in [4.78, 5) is 85.7. The number of aromatic nitrogens is 2. The van der Waals surface area contributed by atoms with Gasteiger partial charge < -0.3 is 30.1 Å². The number of rotatable bonds is 16. The molecule has 0 aliphatic carbocycles. The second-order valence-electron chi connectivity index (χ2n) is 16.0. The van der Waals surface area contributed by atoms with Crippen molar-refractivity contribution in [2.45, 2.75) is 63.3 Å². The number of nitrogens with two attached hydrogens (primary N) is 2. The molecular weight excluding hydrogens is 845 g/mol. The van der Waals surface area contributed by atoms with Crippen molar-refractivity contribution in [3.05, 3.63) is 154 Å². The van der Waals surface area contributed by atoms with Crippen molar-refractivity contribution in [3.63, 3.8) is 0 Å². The number of imide groups is 2. The maximum absolute atomic E-state index is 13.2. The van der Waals surface area contributed by atoms with Crippen molar-refractivity contribution in [2.24, 2.45) is 11.5 Å². The van der Waals surface area contributed by atoms with Crippen molar-refractivity contribution in [1.29, 1.82) is 10.5 Å². The number of amides is 6. The van der Waals surface area contributed by atoms with Crippen molar-refractivity contribution < 1.29 is 38.2 Å². The molecule has 6 aromatic rings. The predicted octanol–water partition coefficient (Wildman–Crippen LogP) is 3.72. The van der Waals surface area contributed by atoms with E-state index in [9.17, 15) is 28.8 Å². The Balaban J connectivity index is 0.805. The van der Waals surface area contributed by atoms with E-state index in [4.69, 9.17) is 31.5 Å². The van der Waals surface area contributed by atoms with Gasteiger partial charge in [0.05, 0.1) is 36.4 Å². The Kier molecular flexibility index (Phi) is 12.7. The number of ether oxygens (including phenoxy) is 2. The number of hydrogen-bond donors (Lipinski definition) is 6. The van der Waals surface area contributed by atoms with E-state index in [1.807, 2.05) is 48.5 Å². The van der Waals surface area contributed by atoms with Crippen LogP contribution in [0.2, 0.25) is 0 Å². The Morgan fingerprint density at radius 2 is 0.985 bits per heavy atom. The minimum Gasteiger partial charge on any atom is -0.443 e. The SMILES string of the molecule is N#Cc1ccc(CN2C(=O)NC(Cc3ccc4[nH]cc(CC(N)OC(=O)/C=C\C(=O)OC(N)Cc5c[nH]c6ccc(CC7NC(=O)N(Cc8ccc(C#N)cc8)C7=O)cc56)c4c3)C2=O)cc1. The lowest BCUT2D eigenvalue weighted by Crippen LogP contribution is -2.32. The van der Waals surface area contributed by atoms with Gasteiger partial charge in [0, 0.05) is 72.0 Å². The largest absolute Gasteiger partial charge is 0.443 e. The summed E-state index contributed by atoms with van der Waals surface area (Å²) in [7, 11) is 0. The molecule has 2 aromatic heterocycles. The first-order valence-electron chi connectivity index (χ1n) is 20.8. The molecule has 2 saturated heterocycles. The lowest BCUT2D eigenvalue weighted by molar-refractivity contribution is -0.145. The van der Waals surface area contributed by atoms with Gasteiger partial charge in [0.1, 0.15) is 12.1 Å². The number of nitrogens with zero attached hydrogens (tertiary/aromatic N) is 4. The Bertz CT molecular complexity index is 2800. The molecule has 2 aliphatic rings. The number of nitrogens with one attached hydrogen (secondary N) is 4. The first-order chi connectivity index (χ1) is 31.8. The van der Waals surface area contributed by atoms with E-state index in [0.29, 0.717) is 22.3 Å². The molecule has 4 unspecified atom stereocenters. The highest BCUT2D eigenvalue weighted by Crippen LogP contribution is 2.26. The Morgan fingerprint density at radius 1 is 0.606 bits per heavy atom. The lowest BCUT2D eigenvalue weighted by atomic mass is 10.0. The molecule has 8 N–H and O–H groups in total. The average molecular weight is 887 g/mol. The molecule has 0 saturated carbocycles. The minimum atomic E-state index is -1.09. The van der Waals surface area contributed by atoms with Gasteiger partial charge in [0.15, 0.2) is 12.5 Å². The second kappa shape index (κ2) is 19.0. The number of nitriles is 2. The summed E-state index contributed by atoms with van der Waals surface area (Å²) in [5, 5.41) is 25.2. The monoisotopic (exact) mass is 886 g/mol. The third-order valence-corrected chi connectivity index (χ3v) is 11.3. The molecule has 4 atom stereocenters. The summed E-state index contributed by atoms with van der Waals surface area (Å²) >= 11 is 0. The molecule has 4 heterocycles. The van der Waals surface area contributed by atoms with Crippen LogP contribution in [0.15, 0.2) is 109 Å². The van der Waals surface area contributed by atoms with Crippen LogP contribution in [0.1, 0.15) is 44.5 Å².